The van der Waals surface area contributed by atoms with Gasteiger partial charge in [-0.05, 0) is 31.2 Å². The second-order valence-electron chi connectivity index (χ2n) is 4.98. The fourth-order valence-corrected chi connectivity index (χ4v) is 3.36. The first-order valence-electron chi connectivity index (χ1n) is 6.48. The van der Waals surface area contributed by atoms with E-state index in [4.69, 9.17) is 5.73 Å². The average molecular weight is 263 g/mol. The summed E-state index contributed by atoms with van der Waals surface area (Å²) in [5.41, 5.74) is 5.78. The van der Waals surface area contributed by atoms with Crippen LogP contribution >= 0.6 is 0 Å². The summed E-state index contributed by atoms with van der Waals surface area (Å²) in [6.45, 7) is 3.43. The molecular formula is C11H25N3O2S. The zero-order chi connectivity index (χ0) is 12.8. The van der Waals surface area contributed by atoms with Crippen LogP contribution < -0.4 is 15.2 Å². The van der Waals surface area contributed by atoms with E-state index < -0.39 is 10.2 Å². The normalized spacial score (nSPS) is 20.4. The molecule has 0 radical (unpaired) electrons. The van der Waals surface area contributed by atoms with Crippen molar-refractivity contribution >= 4 is 10.2 Å². The highest BCUT2D eigenvalue weighted by molar-refractivity contribution is 7.87. The van der Waals surface area contributed by atoms with Crippen molar-refractivity contribution in [2.24, 2.45) is 11.1 Å². The van der Waals surface area contributed by atoms with Crippen LogP contribution in [0.5, 0.6) is 0 Å². The van der Waals surface area contributed by atoms with Crippen molar-refractivity contribution in [1.82, 2.24) is 9.44 Å². The molecule has 0 unspecified atom stereocenters. The van der Waals surface area contributed by atoms with Gasteiger partial charge in [0.05, 0.1) is 0 Å². The van der Waals surface area contributed by atoms with E-state index in [0.717, 1.165) is 32.1 Å². The summed E-state index contributed by atoms with van der Waals surface area (Å²) < 4.78 is 28.4. The molecule has 0 amide bonds. The fourth-order valence-electron chi connectivity index (χ4n) is 2.29. The molecule has 0 bridgehead atoms. The van der Waals surface area contributed by atoms with Gasteiger partial charge < -0.3 is 5.73 Å². The monoisotopic (exact) mass is 263 g/mol. The molecule has 17 heavy (non-hydrogen) atoms. The number of hydrogen-bond acceptors (Lipinski definition) is 3. The molecule has 0 aromatic rings. The summed E-state index contributed by atoms with van der Waals surface area (Å²) in [4.78, 5) is 0. The maximum Gasteiger partial charge on any atom is 0.276 e. The van der Waals surface area contributed by atoms with Crippen LogP contribution in [0.1, 0.15) is 45.4 Å². The Morgan fingerprint density at radius 3 is 2.35 bits per heavy atom. The van der Waals surface area contributed by atoms with Crippen molar-refractivity contribution in [2.75, 3.05) is 19.6 Å². The molecule has 6 heteroatoms. The highest BCUT2D eigenvalue weighted by atomic mass is 32.2. The third-order valence-corrected chi connectivity index (χ3v) is 4.64. The van der Waals surface area contributed by atoms with E-state index in [1.807, 2.05) is 6.92 Å². The van der Waals surface area contributed by atoms with Crippen LogP contribution in [0.25, 0.3) is 0 Å². The number of hydrogen-bond donors (Lipinski definition) is 3. The molecule has 0 atom stereocenters. The Morgan fingerprint density at radius 1 is 1.18 bits per heavy atom. The molecule has 1 aliphatic rings. The van der Waals surface area contributed by atoms with Gasteiger partial charge in [0.15, 0.2) is 0 Å². The largest absolute Gasteiger partial charge is 0.330 e. The van der Waals surface area contributed by atoms with E-state index in [1.54, 1.807) is 0 Å². The first-order valence-corrected chi connectivity index (χ1v) is 7.96. The zero-order valence-electron chi connectivity index (χ0n) is 10.7. The second-order valence-corrected chi connectivity index (χ2v) is 6.57. The predicted octanol–water partition coefficient (Wildman–Crippen LogP) is 0.730. The van der Waals surface area contributed by atoms with Crippen molar-refractivity contribution in [3.05, 3.63) is 0 Å². The summed E-state index contributed by atoms with van der Waals surface area (Å²) in [6.07, 6.45) is 6.40. The van der Waals surface area contributed by atoms with Gasteiger partial charge in [-0.2, -0.15) is 8.42 Å². The maximum absolute atomic E-state index is 11.6. The first kappa shape index (κ1) is 14.9. The van der Waals surface area contributed by atoms with Gasteiger partial charge in [0.2, 0.25) is 0 Å². The Bertz CT molecular complexity index is 311. The van der Waals surface area contributed by atoms with E-state index in [1.165, 1.54) is 6.42 Å². The molecule has 5 nitrogen and oxygen atoms in total. The lowest BCUT2D eigenvalue weighted by Crippen LogP contribution is -2.47. The minimum atomic E-state index is -3.35. The van der Waals surface area contributed by atoms with Crippen LogP contribution in [0.15, 0.2) is 0 Å². The summed E-state index contributed by atoms with van der Waals surface area (Å²) in [6, 6.07) is 0. The smallest absolute Gasteiger partial charge is 0.276 e. The Balaban J connectivity index is 2.46. The van der Waals surface area contributed by atoms with E-state index in [2.05, 4.69) is 9.44 Å². The van der Waals surface area contributed by atoms with Gasteiger partial charge >= 0.3 is 0 Å². The maximum atomic E-state index is 11.6. The number of nitrogens with one attached hydrogen (secondary N) is 2. The Labute approximate surface area is 105 Å². The van der Waals surface area contributed by atoms with Crippen LogP contribution in [0, 0.1) is 5.41 Å². The highest BCUT2D eigenvalue weighted by Crippen LogP contribution is 2.34. The quantitative estimate of drug-likeness (QED) is 0.633. The molecule has 0 aliphatic heterocycles. The highest BCUT2D eigenvalue weighted by Gasteiger charge is 2.31. The molecule has 102 valence electrons. The van der Waals surface area contributed by atoms with Crippen molar-refractivity contribution < 1.29 is 8.42 Å². The van der Waals surface area contributed by atoms with Crippen molar-refractivity contribution in [3.8, 4) is 0 Å². The minimum Gasteiger partial charge on any atom is -0.330 e. The fraction of sp³-hybridized carbons (Fsp3) is 1.00. The van der Waals surface area contributed by atoms with E-state index in [0.29, 0.717) is 19.6 Å². The molecule has 0 saturated heterocycles. The topological polar surface area (TPSA) is 84.2 Å². The van der Waals surface area contributed by atoms with Crippen LogP contribution in [-0.4, -0.2) is 28.1 Å². The van der Waals surface area contributed by atoms with Gasteiger partial charge in [-0.1, -0.05) is 26.2 Å². The second kappa shape index (κ2) is 6.68. The molecule has 0 aromatic carbocycles. The first-order chi connectivity index (χ1) is 8.04. The third kappa shape index (κ3) is 4.91. The van der Waals surface area contributed by atoms with Crippen LogP contribution in [-0.2, 0) is 10.2 Å². The van der Waals surface area contributed by atoms with Gasteiger partial charge in [-0.15, -0.1) is 0 Å². The van der Waals surface area contributed by atoms with Gasteiger partial charge in [0.25, 0.3) is 10.2 Å². The van der Waals surface area contributed by atoms with Gasteiger partial charge in [0, 0.05) is 13.1 Å². The zero-order valence-corrected chi connectivity index (χ0v) is 11.5. The molecule has 1 fully saturated rings. The number of rotatable bonds is 7. The molecule has 1 aliphatic carbocycles. The lowest BCUT2D eigenvalue weighted by molar-refractivity contribution is 0.201. The van der Waals surface area contributed by atoms with Crippen molar-refractivity contribution in [1.29, 1.82) is 0 Å². The molecule has 1 saturated carbocycles. The number of nitrogens with two attached hydrogens (primary N) is 1. The minimum absolute atomic E-state index is 0.0286. The Morgan fingerprint density at radius 2 is 1.82 bits per heavy atom. The molecule has 1 rings (SSSR count). The third-order valence-electron chi connectivity index (χ3n) is 3.53. The SMILES string of the molecule is CCCNS(=O)(=O)NCC1(CN)CCCCC1. The summed E-state index contributed by atoms with van der Waals surface area (Å²) in [7, 11) is -3.35. The molecule has 0 spiro atoms. The van der Waals surface area contributed by atoms with Crippen LogP contribution in [0.4, 0.5) is 0 Å². The van der Waals surface area contributed by atoms with Gasteiger partial charge in [-0.3, -0.25) is 0 Å². The lowest BCUT2D eigenvalue weighted by atomic mass is 9.74. The standard InChI is InChI=1S/C11H25N3O2S/c1-2-8-13-17(15,16)14-10-11(9-12)6-4-3-5-7-11/h13-14H,2-10,12H2,1H3. The summed E-state index contributed by atoms with van der Waals surface area (Å²) >= 11 is 0. The van der Waals surface area contributed by atoms with Crippen molar-refractivity contribution in [2.45, 2.75) is 45.4 Å². The summed E-state index contributed by atoms with van der Waals surface area (Å²) in [5.74, 6) is 0. The Kier molecular flexibility index (Phi) is 5.85. The molecular weight excluding hydrogens is 238 g/mol. The molecule has 4 N–H and O–H groups in total. The Hall–Kier alpha value is -0.170. The van der Waals surface area contributed by atoms with E-state index >= 15 is 0 Å². The lowest BCUT2D eigenvalue weighted by Gasteiger charge is -2.36. The van der Waals surface area contributed by atoms with E-state index in [9.17, 15) is 8.42 Å². The van der Waals surface area contributed by atoms with E-state index in [-0.39, 0.29) is 5.41 Å². The van der Waals surface area contributed by atoms with Crippen LogP contribution in [0.2, 0.25) is 0 Å². The summed E-state index contributed by atoms with van der Waals surface area (Å²) in [5, 5.41) is 0. The van der Waals surface area contributed by atoms with Crippen LogP contribution in [0.3, 0.4) is 0 Å². The van der Waals surface area contributed by atoms with Crippen molar-refractivity contribution in [3.63, 3.8) is 0 Å². The molecule has 0 aromatic heterocycles. The predicted molar refractivity (Wildman–Crippen MR) is 69.8 cm³/mol. The van der Waals surface area contributed by atoms with Gasteiger partial charge in [0.1, 0.15) is 0 Å². The average Bonchev–Trinajstić information content (AvgIpc) is 2.35. The molecule has 0 heterocycles. The van der Waals surface area contributed by atoms with Gasteiger partial charge in [-0.25, -0.2) is 9.44 Å².